The van der Waals surface area contributed by atoms with Gasteiger partial charge >= 0.3 is 0 Å². The van der Waals surface area contributed by atoms with Crippen LogP contribution in [0.15, 0.2) is 59.0 Å². The van der Waals surface area contributed by atoms with Gasteiger partial charge in [0, 0.05) is 22.8 Å². The number of hydrazone groups is 1. The van der Waals surface area contributed by atoms with Crippen LogP contribution in [0.25, 0.3) is 11.3 Å². The van der Waals surface area contributed by atoms with Crippen LogP contribution < -0.4 is 4.72 Å². The fourth-order valence-corrected chi connectivity index (χ4v) is 4.43. The van der Waals surface area contributed by atoms with E-state index in [9.17, 15) is 4.79 Å². The Balaban J connectivity index is 1.54. The molecule has 0 aliphatic carbocycles. The molecule has 2 heterocycles. The molecule has 1 aromatic heterocycles. The van der Waals surface area contributed by atoms with Crippen LogP contribution in [0.1, 0.15) is 28.1 Å². The van der Waals surface area contributed by atoms with E-state index in [1.807, 2.05) is 29.5 Å². The fraction of sp³-hybridized carbons (Fsp3) is 0.227. The lowest BCUT2D eigenvalue weighted by Crippen LogP contribution is -2.29. The molecular formula is C22H22N4OS2. The highest BCUT2D eigenvalue weighted by Gasteiger charge is 2.21. The molecule has 29 heavy (non-hydrogen) atoms. The number of benzene rings is 2. The summed E-state index contributed by atoms with van der Waals surface area (Å²) in [6.07, 6.45) is 2.11. The lowest BCUT2D eigenvalue weighted by Gasteiger charge is -2.26. The zero-order chi connectivity index (χ0) is 20.2. The van der Waals surface area contributed by atoms with Gasteiger partial charge in [-0.25, -0.2) is 4.98 Å². The summed E-state index contributed by atoms with van der Waals surface area (Å²) in [6.45, 7) is 3.42. The molecule has 2 aromatic carbocycles. The highest BCUT2D eigenvalue weighted by Crippen LogP contribution is 2.26. The third kappa shape index (κ3) is 4.68. The number of nitrogens with zero attached hydrogens (tertiary/aromatic N) is 3. The molecule has 1 aliphatic heterocycles. The summed E-state index contributed by atoms with van der Waals surface area (Å²) in [5, 5.41) is 9.89. The second-order valence-corrected chi connectivity index (χ2v) is 8.48. The van der Waals surface area contributed by atoms with Crippen molar-refractivity contribution < 1.29 is 4.79 Å². The van der Waals surface area contributed by atoms with Crippen LogP contribution >= 0.6 is 23.3 Å². The van der Waals surface area contributed by atoms with Crippen molar-refractivity contribution in [3.8, 4) is 11.3 Å². The molecule has 1 aliphatic rings. The first-order valence-corrected chi connectivity index (χ1v) is 11.5. The Kier molecular flexibility index (Phi) is 5.97. The first kappa shape index (κ1) is 19.7. The number of thiazole rings is 1. The lowest BCUT2D eigenvalue weighted by atomic mass is 9.99. The highest BCUT2D eigenvalue weighted by molar-refractivity contribution is 7.97. The van der Waals surface area contributed by atoms with E-state index >= 15 is 0 Å². The van der Waals surface area contributed by atoms with Gasteiger partial charge in [0.15, 0.2) is 0 Å². The highest BCUT2D eigenvalue weighted by atomic mass is 32.2. The molecule has 1 amide bonds. The van der Waals surface area contributed by atoms with Gasteiger partial charge in [0.2, 0.25) is 5.91 Å². The molecule has 0 unspecified atom stereocenters. The molecule has 0 atom stereocenters. The van der Waals surface area contributed by atoms with E-state index in [2.05, 4.69) is 47.4 Å². The molecular weight excluding hydrogens is 400 g/mol. The number of fused-ring (bicyclic) bond motifs is 1. The largest absolute Gasteiger partial charge is 0.300 e. The second-order valence-electron chi connectivity index (χ2n) is 6.93. The Bertz CT molecular complexity index is 1040. The Labute approximate surface area is 179 Å². The van der Waals surface area contributed by atoms with Gasteiger partial charge in [-0.05, 0) is 12.5 Å². The van der Waals surface area contributed by atoms with Crippen molar-refractivity contribution in [3.63, 3.8) is 0 Å². The quantitative estimate of drug-likeness (QED) is 0.589. The standard InChI is InChI=1S/C22H22N4OS2/c1-15-7-9-16(10-8-15)20-14-29-22(23-20)13-26-12-17-5-3-4-6-18(17)19(24-26)11-21(27)25-28-2/h3-10,14H,11-13H2,1-2H3,(H,25,27). The Morgan fingerprint density at radius 3 is 2.79 bits per heavy atom. The first-order chi connectivity index (χ1) is 14.1. The zero-order valence-corrected chi connectivity index (χ0v) is 18.0. The van der Waals surface area contributed by atoms with E-state index in [4.69, 9.17) is 10.1 Å². The first-order valence-electron chi connectivity index (χ1n) is 9.36. The number of hydrogen-bond donors (Lipinski definition) is 1. The van der Waals surface area contributed by atoms with E-state index in [1.54, 1.807) is 11.3 Å². The average Bonchev–Trinajstić information content (AvgIpc) is 3.17. The third-order valence-electron chi connectivity index (χ3n) is 4.70. The van der Waals surface area contributed by atoms with E-state index in [1.165, 1.54) is 23.1 Å². The summed E-state index contributed by atoms with van der Waals surface area (Å²) in [7, 11) is 0. The molecule has 0 saturated carbocycles. The van der Waals surface area contributed by atoms with Gasteiger partial charge in [0.1, 0.15) is 5.01 Å². The topological polar surface area (TPSA) is 57.6 Å². The molecule has 1 N–H and O–H groups in total. The summed E-state index contributed by atoms with van der Waals surface area (Å²) in [6, 6.07) is 16.6. The summed E-state index contributed by atoms with van der Waals surface area (Å²) in [5.41, 5.74) is 6.40. The van der Waals surface area contributed by atoms with Gasteiger partial charge in [-0.2, -0.15) is 5.10 Å². The molecule has 0 spiro atoms. The monoisotopic (exact) mass is 422 g/mol. The summed E-state index contributed by atoms with van der Waals surface area (Å²) in [4.78, 5) is 16.9. The number of aromatic nitrogens is 1. The molecule has 5 nitrogen and oxygen atoms in total. The average molecular weight is 423 g/mol. The number of carbonyl (C=O) groups is 1. The van der Waals surface area contributed by atoms with Crippen LogP contribution in [0.2, 0.25) is 0 Å². The lowest BCUT2D eigenvalue weighted by molar-refractivity contribution is -0.118. The second kappa shape index (κ2) is 8.80. The van der Waals surface area contributed by atoms with E-state index in [-0.39, 0.29) is 12.3 Å². The van der Waals surface area contributed by atoms with Gasteiger partial charge in [-0.1, -0.05) is 66.0 Å². The maximum absolute atomic E-state index is 12.1. The number of nitrogens with one attached hydrogen (secondary N) is 1. The summed E-state index contributed by atoms with van der Waals surface area (Å²) < 4.78 is 2.78. The third-order valence-corrected chi connectivity index (χ3v) is 5.97. The van der Waals surface area contributed by atoms with Crippen LogP contribution in [0.3, 0.4) is 0 Å². The van der Waals surface area contributed by atoms with Gasteiger partial charge < -0.3 is 4.72 Å². The van der Waals surface area contributed by atoms with Crippen molar-refractivity contribution >= 4 is 34.9 Å². The van der Waals surface area contributed by atoms with Crippen molar-refractivity contribution in [1.82, 2.24) is 14.7 Å². The maximum atomic E-state index is 12.1. The van der Waals surface area contributed by atoms with E-state index in [0.717, 1.165) is 27.5 Å². The van der Waals surface area contributed by atoms with Crippen LogP contribution in [-0.4, -0.2) is 27.9 Å². The smallest absolute Gasteiger partial charge is 0.235 e. The minimum Gasteiger partial charge on any atom is -0.300 e. The molecule has 0 fully saturated rings. The van der Waals surface area contributed by atoms with Gasteiger partial charge in [0.25, 0.3) is 0 Å². The van der Waals surface area contributed by atoms with Crippen molar-refractivity contribution in [2.75, 3.05) is 6.26 Å². The number of carbonyl (C=O) groups excluding carboxylic acids is 1. The molecule has 0 radical (unpaired) electrons. The minimum atomic E-state index is -0.0381. The molecule has 7 heteroatoms. The summed E-state index contributed by atoms with van der Waals surface area (Å²) >= 11 is 2.95. The predicted octanol–water partition coefficient (Wildman–Crippen LogP) is 4.62. The normalized spacial score (nSPS) is 13.0. The number of hydrogen-bond acceptors (Lipinski definition) is 6. The number of amides is 1. The fourth-order valence-electron chi connectivity index (χ4n) is 3.32. The van der Waals surface area contributed by atoms with Crippen LogP contribution in [0.5, 0.6) is 0 Å². The van der Waals surface area contributed by atoms with Crippen LogP contribution in [0.4, 0.5) is 0 Å². The Hall–Kier alpha value is -2.64. The molecule has 0 saturated heterocycles. The molecule has 4 rings (SSSR count). The van der Waals surface area contributed by atoms with E-state index < -0.39 is 0 Å². The predicted molar refractivity (Wildman–Crippen MR) is 121 cm³/mol. The SMILES string of the molecule is CSNC(=O)CC1=NN(Cc2nc(-c3ccc(C)cc3)cs2)Cc2ccccc21. The number of aryl methyl sites for hydroxylation is 1. The van der Waals surface area contributed by atoms with Gasteiger partial charge in [0.05, 0.1) is 30.9 Å². The Morgan fingerprint density at radius 2 is 2.00 bits per heavy atom. The van der Waals surface area contributed by atoms with Gasteiger partial charge in [-0.15, -0.1) is 11.3 Å². The minimum absolute atomic E-state index is 0.0381. The van der Waals surface area contributed by atoms with Crippen molar-refractivity contribution in [1.29, 1.82) is 0 Å². The summed E-state index contributed by atoms with van der Waals surface area (Å²) in [5.74, 6) is -0.0381. The molecule has 3 aromatic rings. The Morgan fingerprint density at radius 1 is 1.21 bits per heavy atom. The zero-order valence-electron chi connectivity index (χ0n) is 16.4. The number of rotatable bonds is 6. The van der Waals surface area contributed by atoms with Gasteiger partial charge in [-0.3, -0.25) is 9.80 Å². The van der Waals surface area contributed by atoms with Crippen molar-refractivity contribution in [2.24, 2.45) is 5.10 Å². The molecule has 0 bridgehead atoms. The molecule has 148 valence electrons. The van der Waals surface area contributed by atoms with Crippen molar-refractivity contribution in [2.45, 2.75) is 26.4 Å². The van der Waals surface area contributed by atoms with Crippen molar-refractivity contribution in [3.05, 3.63) is 75.6 Å². The van der Waals surface area contributed by atoms with Crippen LogP contribution in [0, 0.1) is 6.92 Å². The van der Waals surface area contributed by atoms with Crippen LogP contribution in [-0.2, 0) is 17.9 Å². The van der Waals surface area contributed by atoms with E-state index in [0.29, 0.717) is 13.1 Å². The maximum Gasteiger partial charge on any atom is 0.235 e.